The van der Waals surface area contributed by atoms with Crippen LogP contribution in [0.1, 0.15) is 38.7 Å². The summed E-state index contributed by atoms with van der Waals surface area (Å²) in [6, 6.07) is 5.46. The van der Waals surface area contributed by atoms with Gasteiger partial charge in [-0.1, -0.05) is 36.2 Å². The Kier molecular flexibility index (Phi) is 4.26. The number of non-ortho nitro benzene ring substituents is 1. The minimum atomic E-state index is -0.373. The van der Waals surface area contributed by atoms with Gasteiger partial charge in [-0.15, -0.1) is 0 Å². The fourth-order valence-electron chi connectivity index (χ4n) is 2.73. The summed E-state index contributed by atoms with van der Waals surface area (Å²) < 4.78 is 0.796. The van der Waals surface area contributed by atoms with E-state index in [1.165, 1.54) is 19.3 Å². The molecule has 1 fully saturated rings. The Balaban J connectivity index is 2.02. The molecule has 0 spiro atoms. The zero-order valence-electron chi connectivity index (χ0n) is 11.3. The third kappa shape index (κ3) is 3.34. The summed E-state index contributed by atoms with van der Waals surface area (Å²) in [7, 11) is 0. The number of rotatable bonds is 4. The van der Waals surface area contributed by atoms with Crippen molar-refractivity contribution in [2.75, 3.05) is 0 Å². The van der Waals surface area contributed by atoms with Crippen LogP contribution in [0.15, 0.2) is 22.7 Å². The second-order valence-corrected chi connectivity index (χ2v) is 6.70. The van der Waals surface area contributed by atoms with E-state index in [0.29, 0.717) is 11.5 Å². The van der Waals surface area contributed by atoms with Crippen molar-refractivity contribution >= 4 is 21.6 Å². The molecule has 4 nitrogen and oxygen atoms in total. The molecule has 2 rings (SSSR count). The van der Waals surface area contributed by atoms with Crippen LogP contribution < -0.4 is 5.32 Å². The van der Waals surface area contributed by atoms with Gasteiger partial charge in [-0.3, -0.25) is 10.1 Å². The molecule has 1 unspecified atom stereocenters. The number of nitro benzene ring substituents is 1. The second-order valence-electron chi connectivity index (χ2n) is 5.85. The van der Waals surface area contributed by atoms with Crippen LogP contribution in [0.4, 0.5) is 5.69 Å². The predicted octanol–water partition coefficient (Wildman–Crippen LogP) is 4.03. The average Bonchev–Trinajstić information content (AvgIpc) is 2.66. The Labute approximate surface area is 121 Å². The van der Waals surface area contributed by atoms with Gasteiger partial charge in [0.1, 0.15) is 0 Å². The zero-order valence-corrected chi connectivity index (χ0v) is 12.9. The van der Waals surface area contributed by atoms with Crippen molar-refractivity contribution in [3.8, 4) is 0 Å². The SMILES string of the molecule is CC1(C)CCCC1NCc1ccc([N+](=O)[O-])cc1Br. The topological polar surface area (TPSA) is 55.2 Å². The fourth-order valence-corrected chi connectivity index (χ4v) is 3.24. The molecule has 1 saturated carbocycles. The number of nitrogens with zero attached hydrogens (tertiary/aromatic N) is 1. The molecule has 0 bridgehead atoms. The van der Waals surface area contributed by atoms with Gasteiger partial charge < -0.3 is 5.32 Å². The molecule has 0 amide bonds. The van der Waals surface area contributed by atoms with Crippen LogP contribution in [-0.4, -0.2) is 11.0 Å². The van der Waals surface area contributed by atoms with Crippen LogP contribution in [0.5, 0.6) is 0 Å². The van der Waals surface area contributed by atoms with Gasteiger partial charge >= 0.3 is 0 Å². The smallest absolute Gasteiger partial charge is 0.270 e. The second kappa shape index (κ2) is 5.59. The molecule has 5 heteroatoms. The quantitative estimate of drug-likeness (QED) is 0.671. The van der Waals surface area contributed by atoms with Gasteiger partial charge in [-0.05, 0) is 29.9 Å². The van der Waals surface area contributed by atoms with Crippen LogP contribution in [0.25, 0.3) is 0 Å². The van der Waals surface area contributed by atoms with Gasteiger partial charge in [0, 0.05) is 29.2 Å². The number of nitrogens with one attached hydrogen (secondary N) is 1. The molecule has 0 aromatic heterocycles. The molecule has 1 atom stereocenters. The van der Waals surface area contributed by atoms with Crippen molar-refractivity contribution in [1.29, 1.82) is 0 Å². The third-order valence-electron chi connectivity index (χ3n) is 4.04. The van der Waals surface area contributed by atoms with Gasteiger partial charge in [0.25, 0.3) is 5.69 Å². The van der Waals surface area contributed by atoms with E-state index in [2.05, 4.69) is 35.1 Å². The minimum Gasteiger partial charge on any atom is -0.309 e. The lowest BCUT2D eigenvalue weighted by Gasteiger charge is -2.28. The number of hydrogen-bond donors (Lipinski definition) is 1. The van der Waals surface area contributed by atoms with E-state index in [4.69, 9.17) is 0 Å². The molecule has 1 aliphatic carbocycles. The molecule has 0 aliphatic heterocycles. The molecular formula is C14H19BrN2O2. The molecule has 1 aliphatic rings. The number of nitro groups is 1. The highest BCUT2D eigenvalue weighted by Crippen LogP contribution is 2.37. The van der Waals surface area contributed by atoms with Crippen LogP contribution in [0.2, 0.25) is 0 Å². The first-order chi connectivity index (χ1) is 8.90. The van der Waals surface area contributed by atoms with E-state index in [-0.39, 0.29) is 10.6 Å². The summed E-state index contributed by atoms with van der Waals surface area (Å²) in [6.07, 6.45) is 3.73. The minimum absolute atomic E-state index is 0.122. The van der Waals surface area contributed by atoms with Crippen molar-refractivity contribution in [3.05, 3.63) is 38.3 Å². The normalized spacial score (nSPS) is 21.5. The molecular weight excluding hydrogens is 308 g/mol. The van der Waals surface area contributed by atoms with Gasteiger partial charge in [0.15, 0.2) is 0 Å². The lowest BCUT2D eigenvalue weighted by Crippen LogP contribution is -2.37. The number of hydrogen-bond acceptors (Lipinski definition) is 3. The Bertz CT molecular complexity index is 488. The first kappa shape index (κ1) is 14.5. The Morgan fingerprint density at radius 1 is 1.53 bits per heavy atom. The summed E-state index contributed by atoms with van der Waals surface area (Å²) in [6.45, 7) is 5.33. The van der Waals surface area contributed by atoms with Gasteiger partial charge in [-0.25, -0.2) is 0 Å². The van der Waals surface area contributed by atoms with Crippen molar-refractivity contribution < 1.29 is 4.92 Å². The molecule has 1 N–H and O–H groups in total. The summed E-state index contributed by atoms with van der Waals surface area (Å²) in [4.78, 5) is 10.3. The van der Waals surface area contributed by atoms with Gasteiger partial charge in [0.05, 0.1) is 4.92 Å². The summed E-state index contributed by atoms with van der Waals surface area (Å²) in [5.74, 6) is 0. The van der Waals surface area contributed by atoms with Crippen molar-refractivity contribution in [2.45, 2.75) is 45.7 Å². The average molecular weight is 327 g/mol. The summed E-state index contributed by atoms with van der Waals surface area (Å²) in [5.41, 5.74) is 1.53. The largest absolute Gasteiger partial charge is 0.309 e. The summed E-state index contributed by atoms with van der Waals surface area (Å²) in [5, 5.41) is 14.3. The van der Waals surface area contributed by atoms with E-state index in [1.807, 2.05) is 6.07 Å². The lowest BCUT2D eigenvalue weighted by molar-refractivity contribution is -0.384. The first-order valence-electron chi connectivity index (χ1n) is 6.56. The Morgan fingerprint density at radius 3 is 2.79 bits per heavy atom. The first-order valence-corrected chi connectivity index (χ1v) is 7.36. The molecule has 0 heterocycles. The fraction of sp³-hybridized carbons (Fsp3) is 0.571. The zero-order chi connectivity index (χ0) is 14.0. The number of halogens is 1. The van der Waals surface area contributed by atoms with Crippen molar-refractivity contribution in [3.63, 3.8) is 0 Å². The molecule has 1 aromatic carbocycles. The van der Waals surface area contributed by atoms with E-state index < -0.39 is 0 Å². The predicted molar refractivity (Wildman–Crippen MR) is 79.1 cm³/mol. The number of benzene rings is 1. The highest BCUT2D eigenvalue weighted by molar-refractivity contribution is 9.10. The van der Waals surface area contributed by atoms with Crippen molar-refractivity contribution in [1.82, 2.24) is 5.32 Å². The molecule has 104 valence electrons. The highest BCUT2D eigenvalue weighted by Gasteiger charge is 2.33. The van der Waals surface area contributed by atoms with E-state index in [0.717, 1.165) is 16.6 Å². The third-order valence-corrected chi connectivity index (χ3v) is 4.78. The maximum Gasteiger partial charge on any atom is 0.270 e. The van der Waals surface area contributed by atoms with Crippen LogP contribution in [0, 0.1) is 15.5 Å². The molecule has 19 heavy (non-hydrogen) atoms. The lowest BCUT2D eigenvalue weighted by atomic mass is 9.87. The summed E-state index contributed by atoms with van der Waals surface area (Å²) >= 11 is 3.41. The van der Waals surface area contributed by atoms with Crippen LogP contribution >= 0.6 is 15.9 Å². The van der Waals surface area contributed by atoms with E-state index in [1.54, 1.807) is 12.1 Å². The van der Waals surface area contributed by atoms with Crippen LogP contribution in [-0.2, 0) is 6.54 Å². The molecule has 1 aromatic rings. The maximum absolute atomic E-state index is 10.7. The standard InChI is InChI=1S/C14H19BrN2O2/c1-14(2)7-3-4-13(14)16-9-10-5-6-11(17(18)19)8-12(10)15/h5-6,8,13,16H,3-4,7,9H2,1-2H3. The monoisotopic (exact) mass is 326 g/mol. The highest BCUT2D eigenvalue weighted by atomic mass is 79.9. The molecule has 0 radical (unpaired) electrons. The van der Waals surface area contributed by atoms with Crippen LogP contribution in [0.3, 0.4) is 0 Å². The van der Waals surface area contributed by atoms with E-state index >= 15 is 0 Å². The van der Waals surface area contributed by atoms with Gasteiger partial charge in [-0.2, -0.15) is 0 Å². The van der Waals surface area contributed by atoms with E-state index in [9.17, 15) is 10.1 Å². The molecule has 0 saturated heterocycles. The Hall–Kier alpha value is -0.940. The van der Waals surface area contributed by atoms with Gasteiger partial charge in [0.2, 0.25) is 0 Å². The Morgan fingerprint density at radius 2 is 2.26 bits per heavy atom. The maximum atomic E-state index is 10.7. The van der Waals surface area contributed by atoms with Crippen molar-refractivity contribution in [2.24, 2.45) is 5.41 Å².